The lowest BCUT2D eigenvalue weighted by molar-refractivity contribution is 0.101. The van der Waals surface area contributed by atoms with Crippen LogP contribution in [0.25, 0.3) is 22.6 Å². The highest BCUT2D eigenvalue weighted by molar-refractivity contribution is 9.10. The molecule has 0 saturated carbocycles. The second kappa shape index (κ2) is 7.93. The highest BCUT2D eigenvalue weighted by Gasteiger charge is 2.29. The number of hydrogen-bond donors (Lipinski definition) is 1. The van der Waals surface area contributed by atoms with Gasteiger partial charge < -0.3 is 9.73 Å². The number of anilines is 1. The Labute approximate surface area is 183 Å². The first-order chi connectivity index (χ1) is 14.7. The van der Waals surface area contributed by atoms with Crippen molar-refractivity contribution in [2.24, 2.45) is 0 Å². The topological polar surface area (TPSA) is 55.1 Å². The second-order valence-corrected chi connectivity index (χ2v) is 7.55. The van der Waals surface area contributed by atoms with E-state index in [2.05, 4.69) is 26.2 Å². The van der Waals surface area contributed by atoms with Gasteiger partial charge in [0, 0.05) is 10.2 Å². The first-order valence-corrected chi connectivity index (χ1v) is 9.53. The highest BCUT2D eigenvalue weighted by atomic mass is 79.9. The van der Waals surface area contributed by atoms with Gasteiger partial charge in [0.2, 0.25) is 11.7 Å². The van der Waals surface area contributed by atoms with Gasteiger partial charge in [-0.3, -0.25) is 4.79 Å². The fourth-order valence-electron chi connectivity index (χ4n) is 2.78. The van der Waals surface area contributed by atoms with Crippen LogP contribution >= 0.6 is 27.5 Å². The quantitative estimate of drug-likeness (QED) is 0.184. The number of nitrogens with one attached hydrogen (secondary N) is 1. The maximum Gasteiger partial charge on any atom is 0.261 e. The third-order valence-electron chi connectivity index (χ3n) is 4.24. The Morgan fingerprint density at radius 3 is 2.26 bits per heavy atom. The number of halogens is 7. The van der Waals surface area contributed by atoms with Crippen LogP contribution in [0.5, 0.6) is 0 Å². The van der Waals surface area contributed by atoms with Crippen molar-refractivity contribution in [3.8, 4) is 11.5 Å². The van der Waals surface area contributed by atoms with Gasteiger partial charge in [0.15, 0.2) is 28.9 Å². The van der Waals surface area contributed by atoms with Crippen LogP contribution in [0.2, 0.25) is 5.02 Å². The number of carbonyl (C=O) groups is 1. The van der Waals surface area contributed by atoms with Gasteiger partial charge >= 0.3 is 0 Å². The van der Waals surface area contributed by atoms with E-state index in [-0.39, 0.29) is 17.1 Å². The third kappa shape index (κ3) is 3.77. The summed E-state index contributed by atoms with van der Waals surface area (Å²) in [7, 11) is 0. The number of oxazole rings is 1. The van der Waals surface area contributed by atoms with Gasteiger partial charge in [-0.25, -0.2) is 26.9 Å². The summed E-state index contributed by atoms with van der Waals surface area (Å²) in [6, 6.07) is 9.06. The molecule has 0 fully saturated rings. The minimum Gasteiger partial charge on any atom is -0.436 e. The SMILES string of the molecule is O=C(Nc1ccc2oc(-c3cc(Br)ccc3Cl)nc2c1)c1c(F)c(F)c(F)c(F)c1F. The highest BCUT2D eigenvalue weighted by Crippen LogP contribution is 2.33. The van der Waals surface area contributed by atoms with Crippen LogP contribution in [-0.2, 0) is 0 Å². The number of nitrogens with zero attached hydrogens (tertiary/aromatic N) is 1. The van der Waals surface area contributed by atoms with Crippen LogP contribution in [0.4, 0.5) is 27.6 Å². The molecule has 31 heavy (non-hydrogen) atoms. The molecule has 0 unspecified atom stereocenters. The second-order valence-electron chi connectivity index (χ2n) is 6.22. The zero-order valence-corrected chi connectivity index (χ0v) is 17.2. The maximum atomic E-state index is 13.8. The van der Waals surface area contributed by atoms with E-state index in [9.17, 15) is 26.7 Å². The van der Waals surface area contributed by atoms with Crippen LogP contribution in [0.3, 0.4) is 0 Å². The summed E-state index contributed by atoms with van der Waals surface area (Å²) in [4.78, 5) is 16.5. The Bertz CT molecular complexity index is 1350. The van der Waals surface area contributed by atoms with Crippen molar-refractivity contribution in [3.05, 3.63) is 80.5 Å². The number of aromatic nitrogens is 1. The fourth-order valence-corrected chi connectivity index (χ4v) is 3.34. The normalized spacial score (nSPS) is 11.2. The van der Waals surface area contributed by atoms with Crippen molar-refractivity contribution in [3.63, 3.8) is 0 Å². The van der Waals surface area contributed by atoms with E-state index >= 15 is 0 Å². The van der Waals surface area contributed by atoms with Crippen molar-refractivity contribution >= 4 is 50.2 Å². The average molecular weight is 518 g/mol. The molecule has 1 heterocycles. The smallest absolute Gasteiger partial charge is 0.261 e. The Kier molecular flexibility index (Phi) is 5.44. The van der Waals surface area contributed by atoms with Gasteiger partial charge in [-0.2, -0.15) is 0 Å². The molecule has 4 aromatic rings. The summed E-state index contributed by atoms with van der Waals surface area (Å²) >= 11 is 9.47. The van der Waals surface area contributed by atoms with Crippen molar-refractivity contribution in [1.82, 2.24) is 4.98 Å². The lowest BCUT2D eigenvalue weighted by Gasteiger charge is -2.09. The predicted molar refractivity (Wildman–Crippen MR) is 106 cm³/mol. The molecular weight excluding hydrogens is 511 g/mol. The molecule has 0 radical (unpaired) electrons. The summed E-state index contributed by atoms with van der Waals surface area (Å²) < 4.78 is 73.9. The van der Waals surface area contributed by atoms with Crippen LogP contribution < -0.4 is 5.32 Å². The van der Waals surface area contributed by atoms with Gasteiger partial charge in [-0.15, -0.1) is 0 Å². The molecule has 0 spiro atoms. The van der Waals surface area contributed by atoms with Crippen molar-refractivity contribution in [2.45, 2.75) is 0 Å². The average Bonchev–Trinajstić information content (AvgIpc) is 3.16. The Morgan fingerprint density at radius 2 is 1.58 bits per heavy atom. The van der Waals surface area contributed by atoms with Crippen molar-refractivity contribution in [2.75, 3.05) is 5.32 Å². The number of rotatable bonds is 3. The molecule has 158 valence electrons. The summed E-state index contributed by atoms with van der Waals surface area (Å²) in [5.41, 5.74) is -0.569. The molecular formula is C20H7BrClF5N2O2. The molecule has 1 amide bonds. The van der Waals surface area contributed by atoms with Crippen LogP contribution in [0.15, 0.2) is 45.3 Å². The number of fused-ring (bicyclic) bond motifs is 1. The summed E-state index contributed by atoms with van der Waals surface area (Å²) in [5.74, 6) is -12.6. The minimum absolute atomic E-state index is 0.0124. The van der Waals surface area contributed by atoms with Crippen molar-refractivity contribution < 1.29 is 31.2 Å². The Balaban J connectivity index is 1.69. The zero-order chi connectivity index (χ0) is 22.4. The van der Waals surface area contributed by atoms with E-state index in [4.69, 9.17) is 16.0 Å². The monoisotopic (exact) mass is 516 g/mol. The minimum atomic E-state index is -2.35. The largest absolute Gasteiger partial charge is 0.436 e. The van der Waals surface area contributed by atoms with E-state index in [1.807, 2.05) is 0 Å². The lowest BCUT2D eigenvalue weighted by atomic mass is 10.1. The Hall–Kier alpha value is -2.98. The number of benzene rings is 3. The maximum absolute atomic E-state index is 13.8. The zero-order valence-electron chi connectivity index (χ0n) is 14.9. The lowest BCUT2D eigenvalue weighted by Crippen LogP contribution is -2.19. The molecule has 0 aliphatic heterocycles. The van der Waals surface area contributed by atoms with E-state index < -0.39 is 40.6 Å². The standard InChI is InChI=1S/C20H7BrClF5N2O2/c21-7-1-3-10(22)9(5-7)20-29-11-6-8(2-4-12(11)31-20)28-19(30)13-14(23)16(25)18(27)17(26)15(13)24/h1-6H,(H,28,30). The summed E-state index contributed by atoms with van der Waals surface area (Å²) in [6.45, 7) is 0. The van der Waals surface area contributed by atoms with Gasteiger partial charge in [-0.1, -0.05) is 27.5 Å². The number of amides is 1. The van der Waals surface area contributed by atoms with Crippen LogP contribution in [0, 0.1) is 29.1 Å². The van der Waals surface area contributed by atoms with E-state index in [0.29, 0.717) is 16.2 Å². The molecule has 11 heteroatoms. The van der Waals surface area contributed by atoms with E-state index in [0.717, 1.165) is 4.47 Å². The van der Waals surface area contributed by atoms with Gasteiger partial charge in [-0.05, 0) is 36.4 Å². The van der Waals surface area contributed by atoms with Crippen LogP contribution in [0.1, 0.15) is 10.4 Å². The first kappa shape index (κ1) is 21.3. The molecule has 0 atom stereocenters. The van der Waals surface area contributed by atoms with Gasteiger partial charge in [0.1, 0.15) is 11.1 Å². The molecule has 1 aromatic heterocycles. The fraction of sp³-hybridized carbons (Fsp3) is 0. The summed E-state index contributed by atoms with van der Waals surface area (Å²) in [6.07, 6.45) is 0. The van der Waals surface area contributed by atoms with Crippen molar-refractivity contribution in [1.29, 1.82) is 0 Å². The first-order valence-electron chi connectivity index (χ1n) is 8.36. The number of carbonyl (C=O) groups excluding carboxylic acids is 1. The molecule has 4 nitrogen and oxygen atoms in total. The molecule has 3 aromatic carbocycles. The number of hydrogen-bond acceptors (Lipinski definition) is 3. The summed E-state index contributed by atoms with van der Waals surface area (Å²) in [5, 5.41) is 2.46. The van der Waals surface area contributed by atoms with Crippen LogP contribution in [-0.4, -0.2) is 10.9 Å². The third-order valence-corrected chi connectivity index (χ3v) is 5.06. The Morgan fingerprint density at radius 1 is 0.935 bits per heavy atom. The van der Waals surface area contributed by atoms with E-state index in [1.165, 1.54) is 18.2 Å². The molecule has 4 rings (SSSR count). The predicted octanol–water partition coefficient (Wildman–Crippen LogP) is 6.86. The molecule has 0 saturated heterocycles. The van der Waals surface area contributed by atoms with Gasteiger partial charge in [0.05, 0.1) is 10.6 Å². The molecule has 0 aliphatic rings. The molecule has 0 bridgehead atoms. The van der Waals surface area contributed by atoms with E-state index in [1.54, 1.807) is 18.2 Å². The van der Waals surface area contributed by atoms with Gasteiger partial charge in [0.25, 0.3) is 5.91 Å². The molecule has 1 N–H and O–H groups in total. The molecule has 0 aliphatic carbocycles.